The van der Waals surface area contributed by atoms with E-state index in [9.17, 15) is 0 Å². The summed E-state index contributed by atoms with van der Waals surface area (Å²) < 4.78 is 0. The van der Waals surface area contributed by atoms with E-state index in [1.54, 1.807) is 11.1 Å². The van der Waals surface area contributed by atoms with E-state index < -0.39 is 0 Å². The molecule has 0 bridgehead atoms. The van der Waals surface area contributed by atoms with Gasteiger partial charge in [0, 0.05) is 0 Å². The van der Waals surface area contributed by atoms with E-state index in [4.69, 9.17) is 0 Å². The van der Waals surface area contributed by atoms with Crippen molar-refractivity contribution in [3.05, 3.63) is 34.9 Å². The topological polar surface area (TPSA) is 0 Å². The Morgan fingerprint density at radius 1 is 0.917 bits per heavy atom. The predicted octanol–water partition coefficient (Wildman–Crippen LogP) is 3.26. The molecular formula is C12H16. The quantitative estimate of drug-likeness (QED) is 0.511. The molecule has 1 aliphatic carbocycles. The summed E-state index contributed by atoms with van der Waals surface area (Å²) in [4.78, 5) is 0. The van der Waals surface area contributed by atoms with Gasteiger partial charge in [-0.05, 0) is 43.7 Å². The van der Waals surface area contributed by atoms with Crippen molar-refractivity contribution in [2.75, 3.05) is 0 Å². The van der Waals surface area contributed by atoms with Crippen LogP contribution in [0.3, 0.4) is 0 Å². The van der Waals surface area contributed by atoms with Gasteiger partial charge in [0.25, 0.3) is 0 Å². The van der Waals surface area contributed by atoms with E-state index in [2.05, 4.69) is 25.1 Å². The van der Waals surface area contributed by atoms with Crippen LogP contribution in [0, 0.1) is 6.92 Å². The van der Waals surface area contributed by atoms with Crippen LogP contribution in [0.15, 0.2) is 18.2 Å². The molecule has 1 aromatic carbocycles. The Hall–Kier alpha value is -0.780. The van der Waals surface area contributed by atoms with Crippen molar-refractivity contribution in [2.45, 2.75) is 39.0 Å². The average Bonchev–Trinajstić information content (AvgIpc) is 2.28. The van der Waals surface area contributed by atoms with Crippen LogP contribution in [0.1, 0.15) is 36.0 Å². The van der Waals surface area contributed by atoms with Crippen molar-refractivity contribution in [3.63, 3.8) is 0 Å². The fraction of sp³-hybridized carbons (Fsp3) is 0.500. The zero-order valence-electron chi connectivity index (χ0n) is 7.77. The molecule has 12 heavy (non-hydrogen) atoms. The zero-order valence-corrected chi connectivity index (χ0v) is 7.77. The molecule has 0 saturated heterocycles. The highest BCUT2D eigenvalue weighted by atomic mass is 14.1. The van der Waals surface area contributed by atoms with Gasteiger partial charge in [-0.1, -0.05) is 30.2 Å². The molecule has 0 amide bonds. The molecule has 0 unspecified atom stereocenters. The van der Waals surface area contributed by atoms with Crippen LogP contribution in [0.25, 0.3) is 0 Å². The molecule has 0 atom stereocenters. The Labute approximate surface area is 74.6 Å². The molecule has 0 fully saturated rings. The van der Waals surface area contributed by atoms with E-state index in [1.165, 1.54) is 37.7 Å². The van der Waals surface area contributed by atoms with Crippen LogP contribution in [-0.4, -0.2) is 0 Å². The summed E-state index contributed by atoms with van der Waals surface area (Å²) in [5.41, 5.74) is 4.61. The summed E-state index contributed by atoms with van der Waals surface area (Å²) in [6, 6.07) is 6.92. The normalized spacial score (nSPS) is 16.8. The first-order chi connectivity index (χ1) is 5.86. The van der Waals surface area contributed by atoms with Crippen LogP contribution in [0.5, 0.6) is 0 Å². The van der Waals surface area contributed by atoms with E-state index >= 15 is 0 Å². The van der Waals surface area contributed by atoms with E-state index in [1.807, 2.05) is 0 Å². The molecule has 0 nitrogen and oxygen atoms in total. The lowest BCUT2D eigenvalue weighted by molar-refractivity contribution is 0.711. The Bertz CT molecular complexity index is 273. The Morgan fingerprint density at radius 2 is 1.67 bits per heavy atom. The first-order valence-electron chi connectivity index (χ1n) is 4.95. The molecule has 0 N–H and O–H groups in total. The van der Waals surface area contributed by atoms with Gasteiger partial charge in [-0.25, -0.2) is 0 Å². The summed E-state index contributed by atoms with van der Waals surface area (Å²) in [7, 11) is 0. The lowest BCUT2D eigenvalue weighted by atomic mass is 10.0. The molecule has 1 aromatic rings. The van der Waals surface area contributed by atoms with Crippen molar-refractivity contribution in [2.24, 2.45) is 0 Å². The highest BCUT2D eigenvalue weighted by Crippen LogP contribution is 2.21. The number of fused-ring (bicyclic) bond motifs is 1. The molecule has 0 aliphatic heterocycles. The molecule has 0 heterocycles. The molecular weight excluding hydrogens is 144 g/mol. The Balaban J connectivity index is 2.36. The van der Waals surface area contributed by atoms with Gasteiger partial charge in [-0.2, -0.15) is 0 Å². The fourth-order valence-electron chi connectivity index (χ4n) is 2.04. The number of hydrogen-bond donors (Lipinski definition) is 0. The standard InChI is InChI=1S/C12H16/c1-10-7-8-11-5-3-2-4-6-12(11)9-10/h7-9H,2-6H2,1H3. The van der Waals surface area contributed by atoms with Crippen molar-refractivity contribution >= 4 is 0 Å². The minimum Gasteiger partial charge on any atom is -0.0590 e. The summed E-state index contributed by atoms with van der Waals surface area (Å²) in [5, 5.41) is 0. The van der Waals surface area contributed by atoms with Crippen molar-refractivity contribution in [3.8, 4) is 0 Å². The molecule has 0 heteroatoms. The van der Waals surface area contributed by atoms with Crippen LogP contribution in [0.4, 0.5) is 0 Å². The van der Waals surface area contributed by atoms with Gasteiger partial charge in [0.1, 0.15) is 0 Å². The summed E-state index contributed by atoms with van der Waals surface area (Å²) in [6.07, 6.45) is 6.78. The van der Waals surface area contributed by atoms with E-state index in [0.717, 1.165) is 0 Å². The van der Waals surface area contributed by atoms with Gasteiger partial charge in [0.15, 0.2) is 0 Å². The second kappa shape index (κ2) is 3.30. The maximum Gasteiger partial charge on any atom is -0.0276 e. The summed E-state index contributed by atoms with van der Waals surface area (Å²) >= 11 is 0. The van der Waals surface area contributed by atoms with E-state index in [-0.39, 0.29) is 0 Å². The third-order valence-electron chi connectivity index (χ3n) is 2.75. The molecule has 0 spiro atoms. The van der Waals surface area contributed by atoms with Gasteiger partial charge >= 0.3 is 0 Å². The van der Waals surface area contributed by atoms with Crippen molar-refractivity contribution in [1.29, 1.82) is 0 Å². The van der Waals surface area contributed by atoms with Gasteiger partial charge < -0.3 is 0 Å². The van der Waals surface area contributed by atoms with Crippen molar-refractivity contribution in [1.82, 2.24) is 0 Å². The number of aryl methyl sites for hydroxylation is 3. The molecule has 64 valence electrons. The third kappa shape index (κ3) is 1.52. The largest absolute Gasteiger partial charge is 0.0590 e. The number of rotatable bonds is 0. The van der Waals surface area contributed by atoms with Crippen LogP contribution in [0.2, 0.25) is 0 Å². The summed E-state index contributed by atoms with van der Waals surface area (Å²) in [5.74, 6) is 0. The number of hydrogen-bond acceptors (Lipinski definition) is 0. The van der Waals surface area contributed by atoms with Crippen molar-refractivity contribution < 1.29 is 0 Å². The third-order valence-corrected chi connectivity index (χ3v) is 2.75. The smallest absolute Gasteiger partial charge is 0.0276 e. The van der Waals surface area contributed by atoms with Gasteiger partial charge in [0.05, 0.1) is 0 Å². The minimum atomic E-state index is 1.30. The Kier molecular flexibility index (Phi) is 2.16. The van der Waals surface area contributed by atoms with Gasteiger partial charge in [0.2, 0.25) is 0 Å². The minimum absolute atomic E-state index is 1.30. The fourth-order valence-corrected chi connectivity index (χ4v) is 2.04. The molecule has 1 aliphatic rings. The predicted molar refractivity (Wildman–Crippen MR) is 52.4 cm³/mol. The molecule has 0 saturated carbocycles. The second-order valence-corrected chi connectivity index (χ2v) is 3.83. The molecule has 0 aromatic heterocycles. The first kappa shape index (κ1) is 7.85. The highest BCUT2D eigenvalue weighted by Gasteiger charge is 2.06. The lowest BCUT2D eigenvalue weighted by Crippen LogP contribution is -1.90. The van der Waals surface area contributed by atoms with Gasteiger partial charge in [-0.15, -0.1) is 0 Å². The zero-order chi connectivity index (χ0) is 8.39. The summed E-state index contributed by atoms with van der Waals surface area (Å²) in [6.45, 7) is 2.19. The first-order valence-corrected chi connectivity index (χ1v) is 4.95. The van der Waals surface area contributed by atoms with Gasteiger partial charge in [-0.3, -0.25) is 0 Å². The monoisotopic (exact) mass is 160 g/mol. The molecule has 0 radical (unpaired) electrons. The van der Waals surface area contributed by atoms with Crippen LogP contribution < -0.4 is 0 Å². The van der Waals surface area contributed by atoms with Crippen LogP contribution in [-0.2, 0) is 12.8 Å². The van der Waals surface area contributed by atoms with Crippen LogP contribution >= 0.6 is 0 Å². The van der Waals surface area contributed by atoms with E-state index in [0.29, 0.717) is 0 Å². The average molecular weight is 160 g/mol. The highest BCUT2D eigenvalue weighted by molar-refractivity contribution is 5.32. The SMILES string of the molecule is Cc1ccc2c(c1)CCCCC2. The maximum atomic E-state index is 2.36. The maximum absolute atomic E-state index is 2.36. The molecule has 2 rings (SSSR count). The second-order valence-electron chi connectivity index (χ2n) is 3.83. The number of benzene rings is 1. The Morgan fingerprint density at radius 3 is 2.50 bits per heavy atom. The lowest BCUT2D eigenvalue weighted by Gasteiger charge is -2.05.